The molecule has 0 aliphatic rings. The van der Waals surface area contributed by atoms with Crippen LogP contribution in [0.5, 0.6) is 0 Å². The minimum atomic E-state index is 0.524. The first-order valence-electron chi connectivity index (χ1n) is 5.93. The first kappa shape index (κ1) is 11.4. The van der Waals surface area contributed by atoms with Crippen LogP contribution in [-0.2, 0) is 19.4 Å². The molecule has 18 heavy (non-hydrogen) atoms. The molecule has 0 atom stereocenters. The Kier molecular flexibility index (Phi) is 3.08. The molecule has 5 heteroatoms. The van der Waals surface area contributed by atoms with Crippen LogP contribution in [0.3, 0.4) is 0 Å². The second-order valence-corrected chi connectivity index (χ2v) is 4.99. The third kappa shape index (κ3) is 2.02. The maximum atomic E-state index is 5.73. The van der Waals surface area contributed by atoms with Crippen LogP contribution in [0.15, 0.2) is 35.7 Å². The molecule has 4 nitrogen and oxygen atoms in total. The van der Waals surface area contributed by atoms with Crippen molar-refractivity contribution in [3.8, 4) is 0 Å². The molecule has 0 radical (unpaired) electrons. The average Bonchev–Trinajstić information content (AvgIpc) is 2.99. The minimum Gasteiger partial charge on any atom is -0.325 e. The lowest BCUT2D eigenvalue weighted by Gasteiger charge is -2.01. The van der Waals surface area contributed by atoms with E-state index < -0.39 is 0 Å². The Balaban J connectivity index is 1.84. The largest absolute Gasteiger partial charge is 0.325 e. The molecular formula is C13H14N4S. The highest BCUT2D eigenvalue weighted by atomic mass is 32.1. The Hall–Kier alpha value is -1.72. The molecule has 0 saturated carbocycles. The number of thiazole rings is 1. The number of benzene rings is 1. The van der Waals surface area contributed by atoms with E-state index in [0.29, 0.717) is 6.54 Å². The van der Waals surface area contributed by atoms with Crippen molar-refractivity contribution >= 4 is 16.3 Å². The molecule has 0 amide bonds. The van der Waals surface area contributed by atoms with Crippen molar-refractivity contribution < 1.29 is 0 Å². The lowest BCUT2D eigenvalue weighted by atomic mass is 10.1. The van der Waals surface area contributed by atoms with Gasteiger partial charge in [-0.15, -0.1) is 21.5 Å². The van der Waals surface area contributed by atoms with Gasteiger partial charge in [-0.3, -0.25) is 4.40 Å². The summed E-state index contributed by atoms with van der Waals surface area (Å²) >= 11 is 1.59. The molecule has 0 spiro atoms. The van der Waals surface area contributed by atoms with Gasteiger partial charge in [-0.2, -0.15) is 0 Å². The van der Waals surface area contributed by atoms with Crippen LogP contribution >= 0.6 is 11.3 Å². The number of aryl methyl sites for hydroxylation is 2. The van der Waals surface area contributed by atoms with Gasteiger partial charge in [0.2, 0.25) is 4.96 Å². The van der Waals surface area contributed by atoms with Crippen LogP contribution in [-0.4, -0.2) is 14.6 Å². The number of nitrogens with two attached hydrogens (primary N) is 1. The van der Waals surface area contributed by atoms with Gasteiger partial charge < -0.3 is 5.73 Å². The number of fused-ring (bicyclic) bond motifs is 1. The van der Waals surface area contributed by atoms with E-state index in [4.69, 9.17) is 5.73 Å². The SMILES string of the molecule is NCc1csc2nnc(CCc3ccccc3)n12. The minimum absolute atomic E-state index is 0.524. The van der Waals surface area contributed by atoms with Crippen molar-refractivity contribution in [2.75, 3.05) is 0 Å². The lowest BCUT2D eigenvalue weighted by Crippen LogP contribution is -2.04. The van der Waals surface area contributed by atoms with Crippen LogP contribution in [0, 0.1) is 0 Å². The van der Waals surface area contributed by atoms with Gasteiger partial charge in [0.05, 0.1) is 5.69 Å². The number of hydrogen-bond donors (Lipinski definition) is 1. The summed E-state index contributed by atoms with van der Waals surface area (Å²) in [6.45, 7) is 0.524. The van der Waals surface area contributed by atoms with Crippen LogP contribution < -0.4 is 5.73 Å². The predicted octanol–water partition coefficient (Wildman–Crippen LogP) is 2.03. The average molecular weight is 258 g/mol. The van der Waals surface area contributed by atoms with Gasteiger partial charge in [0.15, 0.2) is 0 Å². The smallest absolute Gasteiger partial charge is 0.216 e. The monoisotopic (exact) mass is 258 g/mol. The zero-order valence-electron chi connectivity index (χ0n) is 9.91. The van der Waals surface area contributed by atoms with Crippen LogP contribution in [0.25, 0.3) is 4.96 Å². The van der Waals surface area contributed by atoms with Crippen molar-refractivity contribution in [3.63, 3.8) is 0 Å². The lowest BCUT2D eigenvalue weighted by molar-refractivity contribution is 0.815. The quantitative estimate of drug-likeness (QED) is 0.779. The van der Waals surface area contributed by atoms with Crippen molar-refractivity contribution in [3.05, 3.63) is 52.8 Å². The van der Waals surface area contributed by atoms with Crippen molar-refractivity contribution in [2.24, 2.45) is 5.73 Å². The second kappa shape index (κ2) is 4.88. The molecule has 0 aliphatic heterocycles. The Morgan fingerprint density at radius 2 is 1.94 bits per heavy atom. The van der Waals surface area contributed by atoms with Crippen molar-refractivity contribution in [1.29, 1.82) is 0 Å². The predicted molar refractivity (Wildman–Crippen MR) is 72.6 cm³/mol. The summed E-state index contributed by atoms with van der Waals surface area (Å²) < 4.78 is 2.08. The molecule has 92 valence electrons. The Morgan fingerprint density at radius 1 is 1.11 bits per heavy atom. The van der Waals surface area contributed by atoms with Gasteiger partial charge in [0.25, 0.3) is 0 Å². The highest BCUT2D eigenvalue weighted by molar-refractivity contribution is 7.15. The first-order chi connectivity index (χ1) is 8.88. The third-order valence-corrected chi connectivity index (χ3v) is 3.84. The molecule has 0 fully saturated rings. The number of aromatic nitrogens is 3. The van der Waals surface area contributed by atoms with E-state index in [9.17, 15) is 0 Å². The number of nitrogens with zero attached hydrogens (tertiary/aromatic N) is 3. The summed E-state index contributed by atoms with van der Waals surface area (Å²) in [4.78, 5) is 0.929. The summed E-state index contributed by atoms with van der Waals surface area (Å²) in [5.41, 5.74) is 8.13. The molecule has 0 bridgehead atoms. The molecule has 3 rings (SSSR count). The normalized spacial score (nSPS) is 11.2. The molecule has 2 aromatic heterocycles. The Labute approximate surface area is 109 Å². The van der Waals surface area contributed by atoms with E-state index >= 15 is 0 Å². The maximum Gasteiger partial charge on any atom is 0.216 e. The molecular weight excluding hydrogens is 244 g/mol. The van der Waals surface area contributed by atoms with Gasteiger partial charge in [-0.1, -0.05) is 30.3 Å². The molecule has 1 aromatic carbocycles. The Bertz CT molecular complexity index is 641. The Morgan fingerprint density at radius 3 is 2.72 bits per heavy atom. The molecule has 3 aromatic rings. The third-order valence-electron chi connectivity index (χ3n) is 2.98. The van der Waals surface area contributed by atoms with E-state index in [1.54, 1.807) is 11.3 Å². The zero-order chi connectivity index (χ0) is 12.4. The molecule has 0 saturated heterocycles. The zero-order valence-corrected chi connectivity index (χ0v) is 10.7. The standard InChI is InChI=1S/C13H14N4S/c14-8-11-9-18-13-16-15-12(17(11)13)7-6-10-4-2-1-3-5-10/h1-5,9H,6-8,14H2. The van der Waals surface area contributed by atoms with Gasteiger partial charge in [-0.25, -0.2) is 0 Å². The van der Waals surface area contributed by atoms with E-state index in [1.165, 1.54) is 5.56 Å². The fourth-order valence-corrected chi connectivity index (χ4v) is 2.90. The summed E-state index contributed by atoms with van der Waals surface area (Å²) in [6.07, 6.45) is 1.86. The maximum absolute atomic E-state index is 5.73. The van der Waals surface area contributed by atoms with E-state index in [1.807, 2.05) is 6.07 Å². The molecule has 0 unspecified atom stereocenters. The first-order valence-corrected chi connectivity index (χ1v) is 6.81. The summed E-state index contributed by atoms with van der Waals surface area (Å²) in [6, 6.07) is 10.4. The van der Waals surface area contributed by atoms with Crippen molar-refractivity contribution in [1.82, 2.24) is 14.6 Å². The highest BCUT2D eigenvalue weighted by Gasteiger charge is 2.10. The van der Waals surface area contributed by atoms with Gasteiger partial charge in [-0.05, 0) is 12.0 Å². The van der Waals surface area contributed by atoms with Crippen LogP contribution in [0.2, 0.25) is 0 Å². The summed E-state index contributed by atoms with van der Waals surface area (Å²) in [7, 11) is 0. The van der Waals surface area contributed by atoms with Gasteiger partial charge >= 0.3 is 0 Å². The van der Waals surface area contributed by atoms with Crippen LogP contribution in [0.4, 0.5) is 0 Å². The molecule has 2 N–H and O–H groups in total. The fourth-order valence-electron chi connectivity index (χ4n) is 2.04. The van der Waals surface area contributed by atoms with E-state index in [0.717, 1.165) is 29.3 Å². The number of rotatable bonds is 4. The fraction of sp³-hybridized carbons (Fsp3) is 0.231. The molecule has 0 aliphatic carbocycles. The summed E-state index contributed by atoms with van der Waals surface area (Å²) in [5.74, 6) is 0.996. The topological polar surface area (TPSA) is 56.2 Å². The second-order valence-electron chi connectivity index (χ2n) is 4.15. The number of hydrogen-bond acceptors (Lipinski definition) is 4. The molecule has 2 heterocycles. The van der Waals surface area contributed by atoms with Crippen LogP contribution in [0.1, 0.15) is 17.1 Å². The van der Waals surface area contributed by atoms with E-state index in [2.05, 4.69) is 44.2 Å². The van der Waals surface area contributed by atoms with E-state index in [-0.39, 0.29) is 0 Å². The summed E-state index contributed by atoms with van der Waals surface area (Å²) in [5, 5.41) is 10.5. The van der Waals surface area contributed by atoms with Gasteiger partial charge in [0, 0.05) is 18.3 Å². The van der Waals surface area contributed by atoms with Gasteiger partial charge in [0.1, 0.15) is 5.82 Å². The highest BCUT2D eigenvalue weighted by Crippen LogP contribution is 2.17. The van der Waals surface area contributed by atoms with Crippen molar-refractivity contribution in [2.45, 2.75) is 19.4 Å².